The van der Waals surface area contributed by atoms with Crippen molar-refractivity contribution in [3.63, 3.8) is 0 Å². The third-order valence-corrected chi connectivity index (χ3v) is 6.42. The highest BCUT2D eigenvalue weighted by Gasteiger charge is 2.38. The number of rotatable bonds is 6. The summed E-state index contributed by atoms with van der Waals surface area (Å²) in [5, 5.41) is 11.0. The summed E-state index contributed by atoms with van der Waals surface area (Å²) in [5.41, 5.74) is 4.36. The van der Waals surface area contributed by atoms with Gasteiger partial charge in [-0.3, -0.25) is 0 Å². The molecule has 3 aromatic carbocycles. The Morgan fingerprint density at radius 2 is 1.11 bits per heavy atom. The molecule has 1 heteroatoms. The summed E-state index contributed by atoms with van der Waals surface area (Å²) in [6.07, 6.45) is 1.87. The summed E-state index contributed by atoms with van der Waals surface area (Å²) in [5.74, 6) is 0.385. The molecule has 0 saturated heterocycles. The van der Waals surface area contributed by atoms with E-state index in [9.17, 15) is 5.11 Å². The van der Waals surface area contributed by atoms with Crippen LogP contribution < -0.4 is 0 Å². The van der Waals surface area contributed by atoms with E-state index < -0.39 is 0 Å². The second-order valence-electron chi connectivity index (χ2n) is 7.80. The Kier molecular flexibility index (Phi) is 5.41. The molecule has 0 radical (unpaired) electrons. The topological polar surface area (TPSA) is 20.2 Å². The minimum absolute atomic E-state index is 0.166. The summed E-state index contributed by atoms with van der Waals surface area (Å²) < 4.78 is 0. The first-order chi connectivity index (χ1) is 13.0. The number of phenolic OH excluding ortho intramolecular Hbond substituents is 1. The molecule has 0 spiro atoms. The first kappa shape index (κ1) is 19.2. The van der Waals surface area contributed by atoms with Crippen LogP contribution in [-0.4, -0.2) is 5.11 Å². The lowest BCUT2D eigenvalue weighted by molar-refractivity contribution is 0.427. The molecule has 3 rings (SSSR count). The summed E-state index contributed by atoms with van der Waals surface area (Å²) in [6.45, 7) is 8.98. The zero-order valence-electron chi connectivity index (χ0n) is 16.9. The molecule has 0 heterocycles. The number of benzene rings is 3. The Labute approximate surface area is 163 Å². The molecule has 27 heavy (non-hydrogen) atoms. The van der Waals surface area contributed by atoms with Gasteiger partial charge in [-0.05, 0) is 35.6 Å². The van der Waals surface area contributed by atoms with Crippen molar-refractivity contribution in [1.29, 1.82) is 0 Å². The number of hydrogen-bond acceptors (Lipinski definition) is 1. The highest BCUT2D eigenvalue weighted by atomic mass is 16.3. The van der Waals surface area contributed by atoms with Gasteiger partial charge in [-0.2, -0.15) is 0 Å². The van der Waals surface area contributed by atoms with Crippen LogP contribution in [0.5, 0.6) is 5.75 Å². The maximum absolute atomic E-state index is 11.0. The van der Waals surface area contributed by atoms with Crippen LogP contribution in [0, 0.1) is 0 Å². The monoisotopic (exact) mass is 358 g/mol. The van der Waals surface area contributed by atoms with Crippen LogP contribution in [0.2, 0.25) is 0 Å². The van der Waals surface area contributed by atoms with Gasteiger partial charge in [0.25, 0.3) is 0 Å². The smallest absolute Gasteiger partial charge is 0.119 e. The molecule has 3 aromatic rings. The fraction of sp³-hybridized carbons (Fsp3) is 0.308. The summed E-state index contributed by atoms with van der Waals surface area (Å²) in [7, 11) is 0. The Morgan fingerprint density at radius 3 is 1.59 bits per heavy atom. The minimum Gasteiger partial charge on any atom is -0.508 e. The minimum atomic E-state index is -0.257. The number of phenols is 1. The molecule has 0 saturated carbocycles. The van der Waals surface area contributed by atoms with Crippen LogP contribution in [0.15, 0.2) is 78.9 Å². The maximum atomic E-state index is 11.0. The van der Waals surface area contributed by atoms with E-state index in [-0.39, 0.29) is 10.8 Å². The van der Waals surface area contributed by atoms with E-state index in [4.69, 9.17) is 0 Å². The Bertz CT molecular complexity index is 885. The van der Waals surface area contributed by atoms with Gasteiger partial charge in [0.05, 0.1) is 0 Å². The molecular weight excluding hydrogens is 328 g/mol. The third-order valence-electron chi connectivity index (χ3n) is 6.42. The van der Waals surface area contributed by atoms with Gasteiger partial charge in [-0.25, -0.2) is 0 Å². The zero-order chi connectivity index (χ0) is 19.5. The average molecular weight is 359 g/mol. The van der Waals surface area contributed by atoms with Gasteiger partial charge >= 0.3 is 0 Å². The Hall–Kier alpha value is -2.54. The van der Waals surface area contributed by atoms with E-state index in [1.807, 2.05) is 18.2 Å². The second kappa shape index (κ2) is 7.60. The molecular formula is C26H30O. The van der Waals surface area contributed by atoms with Crippen molar-refractivity contribution in [3.05, 3.63) is 101 Å². The quantitative estimate of drug-likeness (QED) is 0.512. The van der Waals surface area contributed by atoms with E-state index in [0.29, 0.717) is 5.75 Å². The summed E-state index contributed by atoms with van der Waals surface area (Å²) in [6, 6.07) is 27.2. The molecule has 1 N–H and O–H groups in total. The SMILES string of the molecule is CCC(C)(c1ccccc1)c1cccc(O)c1C(C)(CC)c1ccccc1. The first-order valence-corrected chi connectivity index (χ1v) is 9.91. The molecule has 2 unspecified atom stereocenters. The van der Waals surface area contributed by atoms with Crippen molar-refractivity contribution >= 4 is 0 Å². The molecule has 2 atom stereocenters. The molecule has 0 aliphatic carbocycles. The van der Waals surface area contributed by atoms with E-state index in [0.717, 1.165) is 18.4 Å². The van der Waals surface area contributed by atoms with Crippen molar-refractivity contribution in [2.24, 2.45) is 0 Å². The largest absolute Gasteiger partial charge is 0.508 e. The lowest BCUT2D eigenvalue weighted by Gasteiger charge is -2.39. The van der Waals surface area contributed by atoms with Gasteiger partial charge in [0.1, 0.15) is 5.75 Å². The molecule has 0 amide bonds. The van der Waals surface area contributed by atoms with Crippen molar-refractivity contribution in [2.45, 2.75) is 51.4 Å². The van der Waals surface area contributed by atoms with Crippen molar-refractivity contribution in [1.82, 2.24) is 0 Å². The van der Waals surface area contributed by atoms with Gasteiger partial charge in [0.2, 0.25) is 0 Å². The average Bonchev–Trinajstić information content (AvgIpc) is 2.73. The van der Waals surface area contributed by atoms with E-state index in [1.165, 1.54) is 16.7 Å². The third kappa shape index (κ3) is 3.27. The van der Waals surface area contributed by atoms with Gasteiger partial charge in [-0.15, -0.1) is 0 Å². The maximum Gasteiger partial charge on any atom is 0.119 e. The fourth-order valence-electron chi connectivity index (χ4n) is 4.27. The van der Waals surface area contributed by atoms with Crippen LogP contribution >= 0.6 is 0 Å². The lowest BCUT2D eigenvalue weighted by atomic mass is 9.65. The van der Waals surface area contributed by atoms with E-state index >= 15 is 0 Å². The van der Waals surface area contributed by atoms with Crippen molar-refractivity contribution in [2.75, 3.05) is 0 Å². The van der Waals surface area contributed by atoms with Crippen LogP contribution in [0.4, 0.5) is 0 Å². The summed E-state index contributed by atoms with van der Waals surface area (Å²) >= 11 is 0. The van der Waals surface area contributed by atoms with Crippen molar-refractivity contribution < 1.29 is 5.11 Å². The van der Waals surface area contributed by atoms with Crippen LogP contribution in [-0.2, 0) is 10.8 Å². The predicted molar refractivity (Wildman–Crippen MR) is 114 cm³/mol. The number of hydrogen-bond donors (Lipinski definition) is 1. The molecule has 0 aliphatic rings. The standard InChI is InChI=1S/C26H30O/c1-5-25(3,20-14-9-7-10-15-20)22-18-13-19-23(27)24(22)26(4,6-2)21-16-11-8-12-17-21/h7-19,27H,5-6H2,1-4H3. The van der Waals surface area contributed by atoms with Gasteiger partial charge in [-0.1, -0.05) is 100 Å². The predicted octanol–water partition coefficient (Wildman–Crippen LogP) is 6.82. The normalized spacial score (nSPS) is 15.7. The first-order valence-electron chi connectivity index (χ1n) is 9.91. The molecule has 0 bridgehead atoms. The molecule has 0 aliphatic heterocycles. The lowest BCUT2D eigenvalue weighted by Crippen LogP contribution is -2.31. The molecule has 0 fully saturated rings. The van der Waals surface area contributed by atoms with Gasteiger partial charge in [0.15, 0.2) is 0 Å². The van der Waals surface area contributed by atoms with Crippen molar-refractivity contribution in [3.8, 4) is 5.75 Å². The van der Waals surface area contributed by atoms with E-state index in [1.54, 1.807) is 0 Å². The Balaban J connectivity index is 2.30. The Morgan fingerprint density at radius 1 is 0.630 bits per heavy atom. The molecule has 140 valence electrons. The summed E-state index contributed by atoms with van der Waals surface area (Å²) in [4.78, 5) is 0. The zero-order valence-corrected chi connectivity index (χ0v) is 16.9. The van der Waals surface area contributed by atoms with Crippen LogP contribution in [0.25, 0.3) is 0 Å². The fourth-order valence-corrected chi connectivity index (χ4v) is 4.27. The van der Waals surface area contributed by atoms with Gasteiger partial charge in [0, 0.05) is 16.4 Å². The second-order valence-corrected chi connectivity index (χ2v) is 7.80. The van der Waals surface area contributed by atoms with E-state index in [2.05, 4.69) is 88.4 Å². The molecule has 1 nitrogen and oxygen atoms in total. The van der Waals surface area contributed by atoms with Crippen LogP contribution in [0.3, 0.4) is 0 Å². The highest BCUT2D eigenvalue weighted by molar-refractivity contribution is 5.55. The van der Waals surface area contributed by atoms with Gasteiger partial charge < -0.3 is 5.11 Å². The highest BCUT2D eigenvalue weighted by Crippen LogP contribution is 2.47. The number of aromatic hydroxyl groups is 1. The molecule has 0 aromatic heterocycles. The van der Waals surface area contributed by atoms with Crippen LogP contribution in [0.1, 0.15) is 62.8 Å².